The molecular formula is C18H28BrNO. The Hall–Kier alpha value is -0.0500. The van der Waals surface area contributed by atoms with E-state index in [9.17, 15) is 4.79 Å². The summed E-state index contributed by atoms with van der Waals surface area (Å²) >= 11 is 3.57. The number of carbonyl (C=O) groups is 1. The van der Waals surface area contributed by atoms with Crippen molar-refractivity contribution in [2.45, 2.75) is 57.8 Å². The van der Waals surface area contributed by atoms with Gasteiger partial charge in [-0.25, -0.2) is 0 Å². The van der Waals surface area contributed by atoms with Crippen molar-refractivity contribution in [2.75, 3.05) is 18.4 Å². The van der Waals surface area contributed by atoms with E-state index in [4.69, 9.17) is 0 Å². The number of rotatable bonds is 3. The van der Waals surface area contributed by atoms with Crippen molar-refractivity contribution in [3.63, 3.8) is 0 Å². The zero-order valence-electron chi connectivity index (χ0n) is 13.0. The van der Waals surface area contributed by atoms with E-state index in [1.54, 1.807) is 0 Å². The van der Waals surface area contributed by atoms with E-state index in [0.29, 0.717) is 5.91 Å². The summed E-state index contributed by atoms with van der Waals surface area (Å²) in [5, 5.41) is 1.08. The number of likely N-dealkylation sites (tertiary alicyclic amines) is 1. The SMILES string of the molecule is O=C(N1CCCC(CCBr)C1)C12CC3CC(CC(C3)C1)C2. The van der Waals surface area contributed by atoms with Crippen LogP contribution in [0.25, 0.3) is 0 Å². The average Bonchev–Trinajstić information content (AvgIpc) is 2.46. The molecule has 0 aromatic heterocycles. The molecule has 1 amide bonds. The molecule has 1 heterocycles. The molecule has 4 saturated carbocycles. The second-order valence-corrected chi connectivity index (χ2v) is 9.23. The molecule has 0 aromatic carbocycles. The van der Waals surface area contributed by atoms with Gasteiger partial charge in [-0.15, -0.1) is 0 Å². The van der Waals surface area contributed by atoms with Gasteiger partial charge >= 0.3 is 0 Å². The lowest BCUT2D eigenvalue weighted by Crippen LogP contribution is -2.56. The topological polar surface area (TPSA) is 20.3 Å². The molecule has 5 aliphatic rings. The third-order valence-electron chi connectivity index (χ3n) is 6.82. The zero-order valence-corrected chi connectivity index (χ0v) is 14.6. The first-order valence-electron chi connectivity index (χ1n) is 9.04. The van der Waals surface area contributed by atoms with Gasteiger partial charge in [0.05, 0.1) is 5.41 Å². The second-order valence-electron chi connectivity index (χ2n) is 8.43. The van der Waals surface area contributed by atoms with Gasteiger partial charge in [0.2, 0.25) is 5.91 Å². The Balaban J connectivity index is 1.49. The van der Waals surface area contributed by atoms with E-state index >= 15 is 0 Å². The normalized spacial score (nSPS) is 45.1. The number of alkyl halides is 1. The van der Waals surface area contributed by atoms with E-state index in [1.165, 1.54) is 57.8 Å². The summed E-state index contributed by atoms with van der Waals surface area (Å²) in [7, 11) is 0. The lowest BCUT2D eigenvalue weighted by molar-refractivity contribution is -0.159. The highest BCUT2D eigenvalue weighted by atomic mass is 79.9. The van der Waals surface area contributed by atoms with Crippen LogP contribution in [0.2, 0.25) is 0 Å². The Labute approximate surface area is 137 Å². The van der Waals surface area contributed by atoms with Crippen LogP contribution < -0.4 is 0 Å². The number of carbonyl (C=O) groups excluding carboxylic acids is 1. The van der Waals surface area contributed by atoms with Crippen molar-refractivity contribution in [1.29, 1.82) is 0 Å². The van der Waals surface area contributed by atoms with Crippen LogP contribution in [0.3, 0.4) is 0 Å². The van der Waals surface area contributed by atoms with Gasteiger partial charge in [-0.05, 0) is 81.5 Å². The van der Waals surface area contributed by atoms with Crippen molar-refractivity contribution < 1.29 is 4.79 Å². The molecule has 3 heteroatoms. The smallest absolute Gasteiger partial charge is 0.228 e. The van der Waals surface area contributed by atoms with E-state index in [0.717, 1.165) is 42.1 Å². The maximum absolute atomic E-state index is 13.3. The fourth-order valence-electron chi connectivity index (χ4n) is 6.35. The zero-order chi connectivity index (χ0) is 14.4. The van der Waals surface area contributed by atoms with Crippen molar-refractivity contribution in [1.82, 2.24) is 4.90 Å². The number of hydrogen-bond acceptors (Lipinski definition) is 1. The lowest BCUT2D eigenvalue weighted by Gasteiger charge is -2.57. The Morgan fingerprint density at radius 1 is 1.10 bits per heavy atom. The molecule has 0 radical (unpaired) electrons. The molecule has 5 fully saturated rings. The molecule has 21 heavy (non-hydrogen) atoms. The molecule has 118 valence electrons. The molecule has 1 saturated heterocycles. The third kappa shape index (κ3) is 2.58. The molecule has 0 aromatic rings. The molecule has 1 aliphatic heterocycles. The van der Waals surface area contributed by atoms with Gasteiger partial charge in [0.1, 0.15) is 0 Å². The first kappa shape index (κ1) is 14.5. The van der Waals surface area contributed by atoms with Gasteiger partial charge in [-0.1, -0.05) is 15.9 Å². The molecule has 0 N–H and O–H groups in total. The molecule has 4 aliphatic carbocycles. The summed E-state index contributed by atoms with van der Waals surface area (Å²) in [6, 6.07) is 0. The van der Waals surface area contributed by atoms with E-state index < -0.39 is 0 Å². The largest absolute Gasteiger partial charge is 0.342 e. The summed E-state index contributed by atoms with van der Waals surface area (Å²) in [6.07, 6.45) is 11.7. The van der Waals surface area contributed by atoms with Gasteiger partial charge in [0.25, 0.3) is 0 Å². The Morgan fingerprint density at radius 3 is 2.29 bits per heavy atom. The van der Waals surface area contributed by atoms with Crippen LogP contribution >= 0.6 is 15.9 Å². The number of piperidine rings is 1. The summed E-state index contributed by atoms with van der Waals surface area (Å²) in [5.41, 5.74) is 0.0744. The third-order valence-corrected chi connectivity index (χ3v) is 7.27. The molecule has 1 unspecified atom stereocenters. The minimum absolute atomic E-state index is 0.0744. The molecule has 2 nitrogen and oxygen atoms in total. The summed E-state index contributed by atoms with van der Waals surface area (Å²) in [5.74, 6) is 3.92. The van der Waals surface area contributed by atoms with E-state index in [1.807, 2.05) is 0 Å². The van der Waals surface area contributed by atoms with Gasteiger partial charge in [-0.2, -0.15) is 0 Å². The number of hydrogen-bond donors (Lipinski definition) is 0. The Kier molecular flexibility index (Phi) is 3.84. The van der Waals surface area contributed by atoms with Crippen LogP contribution in [0, 0.1) is 29.1 Å². The van der Waals surface area contributed by atoms with Gasteiger partial charge in [0, 0.05) is 18.4 Å². The van der Waals surface area contributed by atoms with Gasteiger partial charge < -0.3 is 4.90 Å². The minimum Gasteiger partial charge on any atom is -0.342 e. The fourth-order valence-corrected chi connectivity index (χ4v) is 6.99. The second kappa shape index (κ2) is 5.54. The highest BCUT2D eigenvalue weighted by Crippen LogP contribution is 2.60. The number of halogens is 1. The standard InChI is InChI=1S/C18H28BrNO/c19-4-3-13-2-1-5-20(12-13)17(21)18-9-14-6-15(10-18)8-16(7-14)11-18/h13-16H,1-12H2. The molecular weight excluding hydrogens is 326 g/mol. The van der Waals surface area contributed by atoms with Crippen LogP contribution in [0.15, 0.2) is 0 Å². The highest BCUT2D eigenvalue weighted by molar-refractivity contribution is 9.09. The molecule has 0 spiro atoms. The molecule has 5 rings (SSSR count). The van der Waals surface area contributed by atoms with Crippen LogP contribution in [0.1, 0.15) is 57.8 Å². The predicted molar refractivity (Wildman–Crippen MR) is 88.3 cm³/mol. The monoisotopic (exact) mass is 353 g/mol. The summed E-state index contributed by atoms with van der Waals surface area (Å²) in [4.78, 5) is 15.6. The molecule has 1 atom stereocenters. The fraction of sp³-hybridized carbons (Fsp3) is 0.944. The average molecular weight is 354 g/mol. The maximum Gasteiger partial charge on any atom is 0.228 e. The quantitative estimate of drug-likeness (QED) is 0.695. The summed E-state index contributed by atoms with van der Waals surface area (Å²) < 4.78 is 0. The Morgan fingerprint density at radius 2 is 1.71 bits per heavy atom. The minimum atomic E-state index is 0.0744. The van der Waals surface area contributed by atoms with Gasteiger partial charge in [-0.3, -0.25) is 4.79 Å². The lowest BCUT2D eigenvalue weighted by atomic mass is 9.49. The van der Waals surface area contributed by atoms with E-state index in [-0.39, 0.29) is 5.41 Å². The van der Waals surface area contributed by atoms with Gasteiger partial charge in [0.15, 0.2) is 0 Å². The van der Waals surface area contributed by atoms with Crippen molar-refractivity contribution >= 4 is 21.8 Å². The van der Waals surface area contributed by atoms with E-state index in [2.05, 4.69) is 20.8 Å². The van der Waals surface area contributed by atoms with Crippen LogP contribution in [-0.2, 0) is 4.79 Å². The first-order chi connectivity index (χ1) is 10.2. The summed E-state index contributed by atoms with van der Waals surface area (Å²) in [6.45, 7) is 2.06. The highest BCUT2D eigenvalue weighted by Gasteiger charge is 2.55. The van der Waals surface area contributed by atoms with Crippen molar-refractivity contribution in [3.05, 3.63) is 0 Å². The van der Waals surface area contributed by atoms with Crippen LogP contribution in [0.4, 0.5) is 0 Å². The first-order valence-corrected chi connectivity index (χ1v) is 10.2. The van der Waals surface area contributed by atoms with Crippen molar-refractivity contribution in [3.8, 4) is 0 Å². The van der Waals surface area contributed by atoms with Crippen LogP contribution in [-0.4, -0.2) is 29.2 Å². The predicted octanol–water partition coefficient (Wildman–Crippen LogP) is 4.23. The van der Waals surface area contributed by atoms with Crippen molar-refractivity contribution in [2.24, 2.45) is 29.1 Å². The number of amides is 1. The number of nitrogens with zero attached hydrogens (tertiary/aromatic N) is 1. The maximum atomic E-state index is 13.3. The van der Waals surface area contributed by atoms with Crippen LogP contribution in [0.5, 0.6) is 0 Å². The Bertz CT molecular complexity index is 384. The molecule has 4 bridgehead atoms.